The number of nitrogens with two attached hydrogens (primary N) is 1. The van der Waals surface area contributed by atoms with E-state index in [1.165, 1.54) is 39.5 Å². The lowest BCUT2D eigenvalue weighted by atomic mass is 9.88. The van der Waals surface area contributed by atoms with Gasteiger partial charge in [-0.3, -0.25) is 43.3 Å². The van der Waals surface area contributed by atoms with Crippen LogP contribution >= 0.6 is 11.8 Å². The van der Waals surface area contributed by atoms with E-state index in [2.05, 4.69) is 26.2 Å². The summed E-state index contributed by atoms with van der Waals surface area (Å²) in [6, 6.07) is 13.3. The number of hydrogen-bond donors (Lipinski definition) is 6. The van der Waals surface area contributed by atoms with Gasteiger partial charge in [0.15, 0.2) is 6.04 Å². The monoisotopic (exact) mass is 1360 g/mol. The number of fused-ring (bicyclic) bond motifs is 5. The van der Waals surface area contributed by atoms with Crippen LogP contribution in [0.25, 0.3) is 0 Å². The lowest BCUT2D eigenvalue weighted by Crippen LogP contribution is -2.63. The first-order valence-corrected chi connectivity index (χ1v) is 35.0. The number of carboxylic acids is 1. The largest absolute Gasteiger partial charge is 0.481 e. The maximum absolute atomic E-state index is 15.4. The summed E-state index contributed by atoms with van der Waals surface area (Å²) < 4.78 is 25.9. The predicted molar refractivity (Wildman–Crippen MR) is 359 cm³/mol. The molecule has 2 bridgehead atoms. The van der Waals surface area contributed by atoms with Gasteiger partial charge in [-0.15, -0.1) is 0 Å². The van der Waals surface area contributed by atoms with E-state index < -0.39 is 108 Å². The Morgan fingerprint density at radius 2 is 1.49 bits per heavy atom. The van der Waals surface area contributed by atoms with Crippen LogP contribution in [0, 0.1) is 24.6 Å². The number of aliphatic carboxylic acids is 1. The van der Waals surface area contributed by atoms with Crippen LogP contribution in [0.4, 0.5) is 25.4 Å². The third-order valence-electron chi connectivity index (χ3n) is 19.5. The number of carbonyl (C=O) groups excluding carboxylic acids is 10. The maximum atomic E-state index is 15.4. The number of piperazine rings is 1. The number of ketones is 1. The van der Waals surface area contributed by atoms with Crippen LogP contribution < -0.4 is 36.8 Å². The number of benzene rings is 3. The Kier molecular flexibility index (Phi) is 25.3. The van der Waals surface area contributed by atoms with Crippen molar-refractivity contribution in [1.82, 2.24) is 45.8 Å². The van der Waals surface area contributed by atoms with Crippen molar-refractivity contribution in [2.24, 2.45) is 17.6 Å². The molecule has 26 nitrogen and oxygen atoms in total. The highest BCUT2D eigenvalue weighted by Gasteiger charge is 2.48. The van der Waals surface area contributed by atoms with Crippen molar-refractivity contribution in [1.29, 1.82) is 0 Å². The Morgan fingerprint density at radius 3 is 2.15 bits per heavy atom. The number of rotatable bonds is 17. The number of ether oxygens (including phenoxy) is 2. The minimum atomic E-state index is -1.40. The van der Waals surface area contributed by atoms with Crippen molar-refractivity contribution in [3.63, 3.8) is 0 Å². The number of carboxylic acid groups (broad SMARTS) is 1. The molecule has 0 radical (unpaired) electrons. The van der Waals surface area contributed by atoms with Crippen molar-refractivity contribution in [2.75, 3.05) is 101 Å². The van der Waals surface area contributed by atoms with Crippen LogP contribution in [0.2, 0.25) is 0 Å². The zero-order valence-corrected chi connectivity index (χ0v) is 56.8. The molecule has 8 fully saturated rings. The number of piperidine rings is 4. The summed E-state index contributed by atoms with van der Waals surface area (Å²) in [5.41, 5.74) is 9.27. The number of urea groups is 1. The molecule has 0 aliphatic carbocycles. The molecule has 7 N–H and O–H groups in total. The molecule has 8 heterocycles. The molecule has 526 valence electrons. The standard InChI is InChI=1S/C46H61N7O8S.C23H32FN5O6/c1-5-33-43(57)52-19-9-12-34(52)44(58)50(4)36(22-29-15-13-27(2)14-16-29)45(59)53-24-32(26-62-38-25-51-20-17-30(38)18-21-51)37(54)23-35(53)41(55)49-40(31-10-7-6-8-11-31)46(60)61-28(3)39(47)42(56)48-33;1-16(30)26-14-18-15-29(23(34)35-18)17-6-7-20(19(24)13-17)27-9-11-28(12-10-27)22(33)25-8-4-2-3-5-21(31)32/h6-8,10-11,13-16,28,30,32-36,38-40H,5,9,12,17-26,47H2,1-4H3,(H,48,56)(H,49,55);6-7,13,18H,2-5,8-12,14-15H2,1H3,(H,25,33)(H,26,30)(H,31,32)/t28-,32+,33?,34+,35+,36+,38?,39+,40+;18-/m10/s1. The third-order valence-corrected chi connectivity index (χ3v) is 21.1. The number of Topliss-reactive ketones (excluding diaryl/α,β-unsaturated/α-hetero) is 1. The summed E-state index contributed by atoms with van der Waals surface area (Å²) in [7, 11) is 1.55. The number of nitrogens with zero attached hydrogens (tertiary/aromatic N) is 7. The van der Waals surface area contributed by atoms with Gasteiger partial charge < -0.3 is 71.0 Å². The molecular weight excluding hydrogens is 1270 g/mol. The van der Waals surface area contributed by atoms with Gasteiger partial charge in [-0.2, -0.15) is 11.8 Å². The second-order valence-electron chi connectivity index (χ2n) is 26.3. The van der Waals surface area contributed by atoms with Crippen LogP contribution in [0.1, 0.15) is 108 Å². The molecule has 8 saturated heterocycles. The smallest absolute Gasteiger partial charge is 0.414 e. The van der Waals surface area contributed by atoms with E-state index in [0.717, 1.165) is 56.4 Å². The van der Waals surface area contributed by atoms with Crippen molar-refractivity contribution in [3.05, 3.63) is 95.3 Å². The number of esters is 1. The van der Waals surface area contributed by atoms with E-state index in [-0.39, 0.29) is 69.6 Å². The predicted octanol–water partition coefficient (Wildman–Crippen LogP) is 3.76. The first-order valence-electron chi connectivity index (χ1n) is 33.9. The number of hydrogen-bond acceptors (Lipinski definition) is 17. The fourth-order valence-corrected chi connectivity index (χ4v) is 15.3. The van der Waals surface area contributed by atoms with Gasteiger partial charge in [0.1, 0.15) is 54.0 Å². The number of amides is 9. The molecular formula is C69H93FN12O14S. The number of cyclic esters (lactones) is 2. The van der Waals surface area contributed by atoms with Crippen LogP contribution in [0.15, 0.2) is 72.8 Å². The van der Waals surface area contributed by atoms with Gasteiger partial charge in [-0.25, -0.2) is 18.8 Å². The fraction of sp³-hybridized carbons (Fsp3) is 0.580. The van der Waals surface area contributed by atoms with E-state index in [1.54, 1.807) is 73.1 Å². The van der Waals surface area contributed by atoms with Gasteiger partial charge in [0, 0.05) is 103 Å². The molecule has 10 atom stereocenters. The Labute approximate surface area is 569 Å². The molecule has 28 heteroatoms. The summed E-state index contributed by atoms with van der Waals surface area (Å²) in [5.74, 6) is -4.99. The van der Waals surface area contributed by atoms with E-state index in [0.29, 0.717) is 85.8 Å². The topological polar surface area (TPSA) is 323 Å². The number of likely N-dealkylation sites (N-methyl/N-ethyl adjacent to an activating group) is 1. The maximum Gasteiger partial charge on any atom is 0.414 e. The van der Waals surface area contributed by atoms with Gasteiger partial charge in [-0.05, 0) is 107 Å². The number of anilines is 2. The van der Waals surface area contributed by atoms with Crippen molar-refractivity contribution >= 4 is 88.4 Å². The quantitative estimate of drug-likeness (QED) is 0.0828. The zero-order chi connectivity index (χ0) is 69.6. The Hall–Kier alpha value is -8.37. The first kappa shape index (κ1) is 72.9. The average Bonchev–Trinajstić information content (AvgIpc) is 1.65. The Morgan fingerprint density at radius 1 is 0.773 bits per heavy atom. The SMILES string of the molecule is CC(=O)NC[C@H]1CN(c2ccc(N3CCN(C(=O)NCCCCCC(=O)O)CC3)c(F)c2)C(=O)O1.CCC1NC(=O)[C@@H](N)[C@@H](C)OC(=O)[C@H](c2ccccc2)NC(=O)[C@@H]2CC(=O)[C@H](CSC3CN4CCC3CC4)CN2C(=O)[C@H](Cc2ccc(C)cc2)N(C)C(=O)[C@@H]2CCCN2C1=O. The third kappa shape index (κ3) is 18.6. The van der Waals surface area contributed by atoms with Crippen molar-refractivity contribution < 1.29 is 71.7 Å². The number of thioether (sulfide) groups is 1. The molecule has 0 aromatic heterocycles. The van der Waals surface area contributed by atoms with Crippen LogP contribution in [-0.2, 0) is 59.0 Å². The summed E-state index contributed by atoms with van der Waals surface area (Å²) in [5, 5.41) is 20.0. The highest BCUT2D eigenvalue weighted by Crippen LogP contribution is 2.38. The number of carbonyl (C=O) groups is 11. The number of unbranched alkanes of at least 4 members (excludes halogenated alkanes) is 2. The minimum Gasteiger partial charge on any atom is -0.481 e. The van der Waals surface area contributed by atoms with Gasteiger partial charge >= 0.3 is 24.1 Å². The molecule has 2 unspecified atom stereocenters. The molecule has 3 aromatic rings. The molecule has 8 aliphatic rings. The lowest BCUT2D eigenvalue weighted by molar-refractivity contribution is -0.157. The highest BCUT2D eigenvalue weighted by atomic mass is 32.2. The van der Waals surface area contributed by atoms with Crippen molar-refractivity contribution in [3.8, 4) is 0 Å². The molecule has 0 saturated carbocycles. The van der Waals surface area contributed by atoms with Crippen LogP contribution in [0.5, 0.6) is 0 Å². The van der Waals surface area contributed by atoms with Gasteiger partial charge in [0.05, 0.1) is 24.5 Å². The molecule has 9 amide bonds. The number of halogens is 1. The normalized spacial score (nSPS) is 27.5. The summed E-state index contributed by atoms with van der Waals surface area (Å²) in [4.78, 5) is 159. The fourth-order valence-electron chi connectivity index (χ4n) is 13.7. The second-order valence-corrected chi connectivity index (χ2v) is 27.6. The average molecular weight is 1370 g/mol. The molecule has 0 spiro atoms. The molecule has 11 rings (SSSR count). The number of aryl methyl sites for hydroxylation is 1. The van der Waals surface area contributed by atoms with Crippen LogP contribution in [-0.4, -0.2) is 234 Å². The molecule has 97 heavy (non-hydrogen) atoms. The molecule has 3 aromatic carbocycles. The van der Waals surface area contributed by atoms with Gasteiger partial charge in [-0.1, -0.05) is 73.5 Å². The summed E-state index contributed by atoms with van der Waals surface area (Å²) in [6.07, 6.45) is 3.02. The van der Waals surface area contributed by atoms with Gasteiger partial charge in [0.2, 0.25) is 35.4 Å². The van der Waals surface area contributed by atoms with Gasteiger partial charge in [0.25, 0.3) is 0 Å². The lowest BCUT2D eigenvalue weighted by Gasteiger charge is -2.45. The van der Waals surface area contributed by atoms with E-state index in [9.17, 15) is 52.3 Å². The number of nitrogens with one attached hydrogen (secondary N) is 4. The second kappa shape index (κ2) is 33.7. The van der Waals surface area contributed by atoms with E-state index in [4.69, 9.17) is 20.3 Å². The van der Waals surface area contributed by atoms with Crippen LogP contribution in [0.3, 0.4) is 0 Å². The van der Waals surface area contributed by atoms with E-state index in [1.807, 2.05) is 36.1 Å². The minimum absolute atomic E-state index is 0.0530. The van der Waals surface area contributed by atoms with E-state index >= 15 is 4.79 Å². The molecule has 8 aliphatic heterocycles. The Bertz CT molecular complexity index is 3340. The first-order chi connectivity index (χ1) is 46.5. The highest BCUT2D eigenvalue weighted by molar-refractivity contribution is 8.00. The summed E-state index contributed by atoms with van der Waals surface area (Å²) >= 11 is 1.76. The Balaban J connectivity index is 0.000000267. The van der Waals surface area contributed by atoms with Crippen molar-refractivity contribution in [2.45, 2.75) is 152 Å². The summed E-state index contributed by atoms with van der Waals surface area (Å²) in [6.45, 7) is 12.6. The zero-order valence-electron chi connectivity index (χ0n) is 56.0.